The molecule has 1 N–H and O–H groups in total. The van der Waals surface area contributed by atoms with E-state index in [0.717, 1.165) is 50.5 Å². The van der Waals surface area contributed by atoms with Gasteiger partial charge in [0.25, 0.3) is 0 Å². The molecule has 0 fully saturated rings. The summed E-state index contributed by atoms with van der Waals surface area (Å²) in [4.78, 5) is 0. The van der Waals surface area contributed by atoms with Crippen molar-refractivity contribution in [3.63, 3.8) is 0 Å². The maximum Gasteiger partial charge on any atom is 0.123 e. The molecule has 0 unspecified atom stereocenters. The van der Waals surface area contributed by atoms with E-state index in [9.17, 15) is 0 Å². The molecule has 20 heavy (non-hydrogen) atoms. The van der Waals surface area contributed by atoms with Crippen molar-refractivity contribution in [3.8, 4) is 0 Å². The standard InChI is InChI=1S/C15H27NO4/c1-3-6-16-12-15-14(5-9-20-15)13-19-11-10-18-8-4-7-17-2/h5,9,16H,3-4,6-8,10-13H2,1-2H3. The fraction of sp³-hybridized carbons (Fsp3) is 0.733. The summed E-state index contributed by atoms with van der Waals surface area (Å²) in [6.07, 6.45) is 3.75. The molecule has 0 aromatic carbocycles. The lowest BCUT2D eigenvalue weighted by molar-refractivity contribution is 0.0332. The van der Waals surface area contributed by atoms with E-state index in [4.69, 9.17) is 18.6 Å². The van der Waals surface area contributed by atoms with Crippen LogP contribution in [0.15, 0.2) is 16.7 Å². The highest BCUT2D eigenvalue weighted by Gasteiger charge is 2.05. The van der Waals surface area contributed by atoms with Crippen LogP contribution in [-0.4, -0.2) is 40.1 Å². The Morgan fingerprint density at radius 1 is 1.15 bits per heavy atom. The molecule has 1 aromatic heterocycles. The number of hydrogen-bond acceptors (Lipinski definition) is 5. The first-order valence-electron chi connectivity index (χ1n) is 7.28. The second-order valence-corrected chi connectivity index (χ2v) is 4.56. The van der Waals surface area contributed by atoms with Gasteiger partial charge in [-0.05, 0) is 25.5 Å². The molecule has 1 heterocycles. The minimum Gasteiger partial charge on any atom is -0.468 e. The highest BCUT2D eigenvalue weighted by atomic mass is 16.5. The highest BCUT2D eigenvalue weighted by molar-refractivity contribution is 5.15. The Morgan fingerprint density at radius 3 is 2.80 bits per heavy atom. The molecule has 1 aromatic rings. The van der Waals surface area contributed by atoms with E-state index < -0.39 is 0 Å². The topological polar surface area (TPSA) is 52.9 Å². The van der Waals surface area contributed by atoms with E-state index in [-0.39, 0.29) is 0 Å². The van der Waals surface area contributed by atoms with Crippen molar-refractivity contribution in [1.82, 2.24) is 5.32 Å². The molecule has 0 saturated carbocycles. The Balaban J connectivity index is 2.05. The van der Waals surface area contributed by atoms with E-state index in [1.807, 2.05) is 6.07 Å². The summed E-state index contributed by atoms with van der Waals surface area (Å²) < 4.78 is 21.4. The molecule has 0 aliphatic rings. The van der Waals surface area contributed by atoms with Gasteiger partial charge >= 0.3 is 0 Å². The zero-order valence-corrected chi connectivity index (χ0v) is 12.7. The number of methoxy groups -OCH3 is 1. The minimum atomic E-state index is 0.571. The monoisotopic (exact) mass is 285 g/mol. The summed E-state index contributed by atoms with van der Waals surface area (Å²) in [5.41, 5.74) is 1.10. The second-order valence-electron chi connectivity index (χ2n) is 4.56. The number of furan rings is 1. The van der Waals surface area contributed by atoms with E-state index in [1.165, 1.54) is 0 Å². The quantitative estimate of drug-likeness (QED) is 0.564. The first-order chi connectivity index (χ1) is 9.88. The minimum absolute atomic E-state index is 0.571. The van der Waals surface area contributed by atoms with Gasteiger partial charge in [0.1, 0.15) is 5.76 Å². The highest BCUT2D eigenvalue weighted by Crippen LogP contribution is 2.11. The molecule has 0 saturated heterocycles. The lowest BCUT2D eigenvalue weighted by Gasteiger charge is -2.06. The van der Waals surface area contributed by atoms with Gasteiger partial charge in [0.05, 0.1) is 32.6 Å². The van der Waals surface area contributed by atoms with Crippen LogP contribution in [0.2, 0.25) is 0 Å². The van der Waals surface area contributed by atoms with E-state index >= 15 is 0 Å². The van der Waals surface area contributed by atoms with Crippen molar-refractivity contribution in [3.05, 3.63) is 23.7 Å². The van der Waals surface area contributed by atoms with Crippen LogP contribution in [0.3, 0.4) is 0 Å². The predicted octanol–water partition coefficient (Wildman–Crippen LogP) is 2.35. The number of ether oxygens (including phenoxy) is 3. The van der Waals surface area contributed by atoms with Crippen LogP contribution in [-0.2, 0) is 27.4 Å². The molecule has 0 aliphatic heterocycles. The van der Waals surface area contributed by atoms with E-state index in [1.54, 1.807) is 13.4 Å². The van der Waals surface area contributed by atoms with E-state index in [0.29, 0.717) is 19.8 Å². The Bertz CT molecular complexity index is 327. The molecule has 116 valence electrons. The summed E-state index contributed by atoms with van der Waals surface area (Å²) >= 11 is 0. The third-order valence-corrected chi connectivity index (χ3v) is 2.82. The van der Waals surface area contributed by atoms with Crippen LogP contribution in [0, 0.1) is 0 Å². The SMILES string of the molecule is CCCNCc1occc1COCCOCCCOC. The van der Waals surface area contributed by atoms with Crippen LogP contribution in [0.4, 0.5) is 0 Å². The summed E-state index contributed by atoms with van der Waals surface area (Å²) in [5.74, 6) is 0.958. The van der Waals surface area contributed by atoms with E-state index in [2.05, 4.69) is 12.2 Å². The number of rotatable bonds is 13. The second kappa shape index (κ2) is 11.9. The van der Waals surface area contributed by atoms with Gasteiger partial charge in [-0.25, -0.2) is 0 Å². The van der Waals surface area contributed by atoms with Crippen molar-refractivity contribution >= 4 is 0 Å². The van der Waals surface area contributed by atoms with Gasteiger partial charge in [-0.2, -0.15) is 0 Å². The third kappa shape index (κ3) is 7.65. The average molecular weight is 285 g/mol. The van der Waals surface area contributed by atoms with Crippen LogP contribution in [0.1, 0.15) is 31.1 Å². The number of hydrogen-bond donors (Lipinski definition) is 1. The maximum atomic E-state index is 5.59. The van der Waals surface area contributed by atoms with Crippen molar-refractivity contribution in [2.45, 2.75) is 32.9 Å². The van der Waals surface area contributed by atoms with Crippen molar-refractivity contribution in [2.75, 3.05) is 40.1 Å². The van der Waals surface area contributed by atoms with Crippen LogP contribution in [0.25, 0.3) is 0 Å². The van der Waals surface area contributed by atoms with Crippen LogP contribution < -0.4 is 5.32 Å². The molecule has 5 nitrogen and oxygen atoms in total. The van der Waals surface area contributed by atoms with Crippen molar-refractivity contribution < 1.29 is 18.6 Å². The van der Waals surface area contributed by atoms with Gasteiger partial charge in [0.15, 0.2) is 0 Å². The summed E-state index contributed by atoms with van der Waals surface area (Å²) in [7, 11) is 1.70. The first kappa shape index (κ1) is 17.2. The molecule has 0 bridgehead atoms. The average Bonchev–Trinajstić information content (AvgIpc) is 2.90. The Labute approximate surface area is 121 Å². The molecule has 0 aliphatic carbocycles. The molecular weight excluding hydrogens is 258 g/mol. The normalized spacial score (nSPS) is 11.1. The lowest BCUT2D eigenvalue weighted by Crippen LogP contribution is -2.14. The third-order valence-electron chi connectivity index (χ3n) is 2.82. The summed E-state index contributed by atoms with van der Waals surface area (Å²) in [6.45, 7) is 7.14. The lowest BCUT2D eigenvalue weighted by atomic mass is 10.2. The molecule has 0 amide bonds. The van der Waals surface area contributed by atoms with Crippen LogP contribution >= 0.6 is 0 Å². The number of nitrogens with one attached hydrogen (secondary N) is 1. The molecule has 1 rings (SSSR count). The Hall–Kier alpha value is -0.880. The van der Waals surface area contributed by atoms with Gasteiger partial charge in [-0.3, -0.25) is 0 Å². The van der Waals surface area contributed by atoms with Gasteiger partial charge in [0, 0.05) is 25.9 Å². The smallest absolute Gasteiger partial charge is 0.123 e. The molecule has 0 spiro atoms. The van der Waals surface area contributed by atoms with Gasteiger partial charge in [0.2, 0.25) is 0 Å². The van der Waals surface area contributed by atoms with Crippen molar-refractivity contribution in [2.24, 2.45) is 0 Å². The predicted molar refractivity (Wildman–Crippen MR) is 77.7 cm³/mol. The first-order valence-corrected chi connectivity index (χ1v) is 7.28. The Morgan fingerprint density at radius 2 is 2.00 bits per heavy atom. The molecule has 5 heteroatoms. The molecule has 0 atom stereocenters. The van der Waals surface area contributed by atoms with Gasteiger partial charge in [-0.1, -0.05) is 6.92 Å². The van der Waals surface area contributed by atoms with Gasteiger partial charge in [-0.15, -0.1) is 0 Å². The largest absolute Gasteiger partial charge is 0.468 e. The van der Waals surface area contributed by atoms with Gasteiger partial charge < -0.3 is 23.9 Å². The Kier molecular flexibility index (Phi) is 10.2. The molecular formula is C15H27NO4. The van der Waals surface area contributed by atoms with Crippen LogP contribution in [0.5, 0.6) is 0 Å². The summed E-state index contributed by atoms with van der Waals surface area (Å²) in [5, 5.41) is 3.32. The fourth-order valence-corrected chi connectivity index (χ4v) is 1.74. The summed E-state index contributed by atoms with van der Waals surface area (Å²) in [6, 6.07) is 1.96. The zero-order valence-electron chi connectivity index (χ0n) is 12.7. The molecule has 0 radical (unpaired) electrons. The fourth-order valence-electron chi connectivity index (χ4n) is 1.74. The van der Waals surface area contributed by atoms with Crippen molar-refractivity contribution in [1.29, 1.82) is 0 Å². The maximum absolute atomic E-state index is 5.59. The zero-order chi connectivity index (χ0) is 14.5.